The molecule has 0 spiro atoms. The number of alkyl halides is 3. The number of rotatable bonds is 3. The van der Waals surface area contributed by atoms with Crippen LogP contribution in [0.25, 0.3) is 0 Å². The second-order valence-corrected chi connectivity index (χ2v) is 4.99. The molecule has 0 aliphatic rings. The van der Waals surface area contributed by atoms with Crippen LogP contribution in [0.3, 0.4) is 0 Å². The maximum Gasteiger partial charge on any atom is 0.436 e. The van der Waals surface area contributed by atoms with Crippen molar-refractivity contribution in [2.45, 2.75) is 19.1 Å². The van der Waals surface area contributed by atoms with Crippen LogP contribution in [0.5, 0.6) is 0 Å². The van der Waals surface area contributed by atoms with Crippen LogP contribution < -0.4 is 5.32 Å². The summed E-state index contributed by atoms with van der Waals surface area (Å²) < 4.78 is 51.7. The molecule has 1 unspecified atom stereocenters. The van der Waals surface area contributed by atoms with Crippen LogP contribution in [0, 0.1) is 5.82 Å². The van der Waals surface area contributed by atoms with Crippen molar-refractivity contribution in [3.05, 3.63) is 58.4 Å². The van der Waals surface area contributed by atoms with Gasteiger partial charge in [0.15, 0.2) is 11.5 Å². The first kappa shape index (κ1) is 17.1. The second-order valence-electron chi connectivity index (χ2n) is 4.58. The van der Waals surface area contributed by atoms with E-state index in [9.17, 15) is 22.4 Å². The van der Waals surface area contributed by atoms with Gasteiger partial charge in [0, 0.05) is 12.4 Å². The SMILES string of the molecule is CC(NC(=O)c1ccnc(C(F)(F)F)c1F)c1ncccc1Cl. The minimum atomic E-state index is -4.99. The molecule has 0 radical (unpaired) electrons. The van der Waals surface area contributed by atoms with Crippen LogP contribution in [-0.4, -0.2) is 15.9 Å². The molecule has 0 aromatic carbocycles. The summed E-state index contributed by atoms with van der Waals surface area (Å²) in [5.74, 6) is -2.75. The van der Waals surface area contributed by atoms with E-state index in [4.69, 9.17) is 11.6 Å². The first-order chi connectivity index (χ1) is 10.7. The van der Waals surface area contributed by atoms with E-state index in [0.717, 1.165) is 12.3 Å². The third-order valence-electron chi connectivity index (χ3n) is 2.95. The second kappa shape index (κ2) is 6.49. The van der Waals surface area contributed by atoms with Gasteiger partial charge in [0.25, 0.3) is 5.91 Å². The number of halogens is 5. The molecule has 0 aliphatic heterocycles. The smallest absolute Gasteiger partial charge is 0.344 e. The largest absolute Gasteiger partial charge is 0.436 e. The van der Waals surface area contributed by atoms with Gasteiger partial charge < -0.3 is 5.32 Å². The van der Waals surface area contributed by atoms with Gasteiger partial charge in [0.05, 0.1) is 22.3 Å². The zero-order valence-electron chi connectivity index (χ0n) is 11.7. The minimum Gasteiger partial charge on any atom is -0.344 e. The van der Waals surface area contributed by atoms with Gasteiger partial charge in [0.2, 0.25) is 0 Å². The van der Waals surface area contributed by atoms with Crippen molar-refractivity contribution >= 4 is 17.5 Å². The fourth-order valence-corrected chi connectivity index (χ4v) is 2.16. The summed E-state index contributed by atoms with van der Waals surface area (Å²) in [5.41, 5.74) is -2.19. The Morgan fingerprint density at radius 1 is 1.26 bits per heavy atom. The van der Waals surface area contributed by atoms with E-state index in [2.05, 4.69) is 15.3 Å². The lowest BCUT2D eigenvalue weighted by atomic mass is 10.1. The molecule has 1 amide bonds. The third kappa shape index (κ3) is 3.76. The third-order valence-corrected chi connectivity index (χ3v) is 3.27. The zero-order chi connectivity index (χ0) is 17.2. The average Bonchev–Trinajstić information content (AvgIpc) is 2.46. The Kier molecular flexibility index (Phi) is 4.84. The molecule has 0 saturated carbocycles. The van der Waals surface area contributed by atoms with Crippen LogP contribution in [-0.2, 0) is 6.18 Å². The lowest BCUT2D eigenvalue weighted by Gasteiger charge is -2.15. The Labute approximate surface area is 133 Å². The molecule has 0 bridgehead atoms. The number of pyridine rings is 2. The molecule has 2 rings (SSSR count). The van der Waals surface area contributed by atoms with E-state index >= 15 is 0 Å². The van der Waals surface area contributed by atoms with Crippen molar-refractivity contribution < 1.29 is 22.4 Å². The quantitative estimate of drug-likeness (QED) is 0.860. The summed E-state index contributed by atoms with van der Waals surface area (Å²) in [6.07, 6.45) is -2.83. The fraction of sp³-hybridized carbons (Fsp3) is 0.214. The molecule has 23 heavy (non-hydrogen) atoms. The molecule has 2 aromatic heterocycles. The van der Waals surface area contributed by atoms with Crippen molar-refractivity contribution in [3.8, 4) is 0 Å². The maximum atomic E-state index is 13.9. The van der Waals surface area contributed by atoms with Gasteiger partial charge in [-0.05, 0) is 25.1 Å². The maximum absolute atomic E-state index is 13.9. The van der Waals surface area contributed by atoms with E-state index < -0.39 is 35.2 Å². The van der Waals surface area contributed by atoms with Crippen LogP contribution in [0.1, 0.15) is 34.7 Å². The average molecular weight is 348 g/mol. The molecule has 122 valence electrons. The van der Waals surface area contributed by atoms with Crippen molar-refractivity contribution in [3.63, 3.8) is 0 Å². The molecule has 1 atom stereocenters. The fourth-order valence-electron chi connectivity index (χ4n) is 1.88. The van der Waals surface area contributed by atoms with Crippen molar-refractivity contribution in [2.24, 2.45) is 0 Å². The van der Waals surface area contributed by atoms with Crippen molar-refractivity contribution in [1.29, 1.82) is 0 Å². The summed E-state index contributed by atoms with van der Waals surface area (Å²) in [7, 11) is 0. The Morgan fingerprint density at radius 3 is 2.57 bits per heavy atom. The van der Waals surface area contributed by atoms with E-state index in [0.29, 0.717) is 5.69 Å². The van der Waals surface area contributed by atoms with Gasteiger partial charge in [-0.25, -0.2) is 9.37 Å². The predicted molar refractivity (Wildman–Crippen MR) is 74.3 cm³/mol. The molecule has 9 heteroatoms. The van der Waals surface area contributed by atoms with Crippen LogP contribution in [0.15, 0.2) is 30.6 Å². The number of nitrogens with one attached hydrogen (secondary N) is 1. The van der Waals surface area contributed by atoms with Gasteiger partial charge in [-0.2, -0.15) is 13.2 Å². The number of nitrogens with zero attached hydrogens (tertiary/aromatic N) is 2. The number of aromatic nitrogens is 2. The molecule has 0 aliphatic carbocycles. The van der Waals surface area contributed by atoms with Gasteiger partial charge in [-0.3, -0.25) is 9.78 Å². The van der Waals surface area contributed by atoms with E-state index in [1.807, 2.05) is 0 Å². The lowest BCUT2D eigenvalue weighted by Crippen LogP contribution is -2.29. The molecule has 2 aromatic rings. The van der Waals surface area contributed by atoms with E-state index in [-0.39, 0.29) is 5.02 Å². The Morgan fingerprint density at radius 2 is 1.96 bits per heavy atom. The standard InChI is InChI=1S/C14H10ClF4N3O/c1-7(11-9(15)3-2-5-20-11)22-13(23)8-4-6-21-12(10(8)16)14(17,18)19/h2-7H,1H3,(H,22,23). The minimum absolute atomic E-state index is 0.270. The first-order valence-corrected chi connectivity index (χ1v) is 6.72. The van der Waals surface area contributed by atoms with Crippen LogP contribution >= 0.6 is 11.6 Å². The highest BCUT2D eigenvalue weighted by molar-refractivity contribution is 6.31. The summed E-state index contributed by atoms with van der Waals surface area (Å²) in [6.45, 7) is 1.52. The van der Waals surface area contributed by atoms with Crippen molar-refractivity contribution in [2.75, 3.05) is 0 Å². The van der Waals surface area contributed by atoms with E-state index in [1.54, 1.807) is 12.1 Å². The monoisotopic (exact) mass is 347 g/mol. The van der Waals surface area contributed by atoms with Gasteiger partial charge >= 0.3 is 6.18 Å². The highest BCUT2D eigenvalue weighted by atomic mass is 35.5. The molecule has 1 N–H and O–H groups in total. The lowest BCUT2D eigenvalue weighted by molar-refractivity contribution is -0.143. The zero-order valence-corrected chi connectivity index (χ0v) is 12.4. The molecular weight excluding hydrogens is 338 g/mol. The van der Waals surface area contributed by atoms with Gasteiger partial charge in [0.1, 0.15) is 0 Å². The summed E-state index contributed by atoms with van der Waals surface area (Å²) in [5, 5.41) is 2.62. The highest BCUT2D eigenvalue weighted by Gasteiger charge is 2.37. The molecule has 0 fully saturated rings. The van der Waals surface area contributed by atoms with Gasteiger partial charge in [-0.15, -0.1) is 0 Å². The Bertz CT molecular complexity index is 736. The number of carbonyl (C=O) groups is 1. The summed E-state index contributed by atoms with van der Waals surface area (Å²) >= 11 is 5.92. The first-order valence-electron chi connectivity index (χ1n) is 6.34. The molecule has 0 saturated heterocycles. The van der Waals surface area contributed by atoms with Gasteiger partial charge in [-0.1, -0.05) is 11.6 Å². The molecular formula is C14H10ClF4N3O. The van der Waals surface area contributed by atoms with Crippen LogP contribution in [0.4, 0.5) is 17.6 Å². The van der Waals surface area contributed by atoms with Crippen LogP contribution in [0.2, 0.25) is 5.02 Å². The van der Waals surface area contributed by atoms with Crippen molar-refractivity contribution in [1.82, 2.24) is 15.3 Å². The number of hydrogen-bond donors (Lipinski definition) is 1. The molecule has 4 nitrogen and oxygen atoms in total. The number of carbonyl (C=O) groups excluding carboxylic acids is 1. The Balaban J connectivity index is 2.27. The predicted octanol–water partition coefficient (Wildman–Crippen LogP) is 3.78. The Hall–Kier alpha value is -2.22. The topological polar surface area (TPSA) is 54.9 Å². The molecule has 2 heterocycles. The van der Waals surface area contributed by atoms with E-state index in [1.165, 1.54) is 13.1 Å². The highest BCUT2D eigenvalue weighted by Crippen LogP contribution is 2.30. The number of amides is 1. The summed E-state index contributed by atoms with van der Waals surface area (Å²) in [4.78, 5) is 18.9. The number of hydrogen-bond acceptors (Lipinski definition) is 3. The summed E-state index contributed by atoms with van der Waals surface area (Å²) in [6, 6.07) is 3.27. The normalized spacial score (nSPS) is 12.8.